The number of methoxy groups -OCH3 is 1. The number of halogens is 1. The summed E-state index contributed by atoms with van der Waals surface area (Å²) in [5.41, 5.74) is 3.33. The lowest BCUT2D eigenvalue weighted by molar-refractivity contribution is -0.129. The van der Waals surface area contributed by atoms with E-state index >= 15 is 0 Å². The zero-order chi connectivity index (χ0) is 19.8. The third kappa shape index (κ3) is 2.99. The molecule has 1 saturated heterocycles. The van der Waals surface area contributed by atoms with Crippen LogP contribution in [0.25, 0.3) is 22.2 Å². The van der Waals surface area contributed by atoms with E-state index < -0.39 is 5.79 Å². The van der Waals surface area contributed by atoms with Crippen LogP contribution in [0.4, 0.5) is 0 Å². The van der Waals surface area contributed by atoms with Crippen molar-refractivity contribution in [2.75, 3.05) is 20.3 Å². The molecule has 3 aromatic carbocycles. The fourth-order valence-corrected chi connectivity index (χ4v) is 3.88. The first-order valence-corrected chi connectivity index (χ1v) is 9.66. The van der Waals surface area contributed by atoms with E-state index in [0.29, 0.717) is 24.0 Å². The van der Waals surface area contributed by atoms with Crippen molar-refractivity contribution in [3.05, 3.63) is 82.9 Å². The van der Waals surface area contributed by atoms with E-state index in [1.165, 1.54) is 0 Å². The topological polar surface area (TPSA) is 53.7 Å². The van der Waals surface area contributed by atoms with Crippen LogP contribution in [0.2, 0.25) is 5.02 Å². The van der Waals surface area contributed by atoms with Gasteiger partial charge in [0.15, 0.2) is 5.76 Å². The van der Waals surface area contributed by atoms with E-state index in [2.05, 4.69) is 5.16 Å². The minimum Gasteiger partial charge on any atom is -0.496 e. The Morgan fingerprint density at radius 2 is 1.66 bits per heavy atom. The van der Waals surface area contributed by atoms with E-state index in [1.54, 1.807) is 7.11 Å². The van der Waals surface area contributed by atoms with Gasteiger partial charge in [-0.25, -0.2) is 0 Å². The van der Waals surface area contributed by atoms with Gasteiger partial charge in [0.25, 0.3) is 0 Å². The summed E-state index contributed by atoms with van der Waals surface area (Å²) in [6.45, 7) is 1.01. The Hall–Kier alpha value is -2.86. The number of fused-ring (bicyclic) bond motifs is 1. The molecule has 4 aromatic rings. The van der Waals surface area contributed by atoms with Crippen molar-refractivity contribution < 1.29 is 18.7 Å². The smallest absolute Gasteiger partial charge is 0.222 e. The van der Waals surface area contributed by atoms with Gasteiger partial charge < -0.3 is 18.7 Å². The van der Waals surface area contributed by atoms with Gasteiger partial charge >= 0.3 is 0 Å². The fraction of sp³-hybridized carbons (Fsp3) is 0.174. The molecule has 0 N–H and O–H groups in total. The Kier molecular flexibility index (Phi) is 4.51. The molecule has 146 valence electrons. The highest BCUT2D eigenvalue weighted by molar-refractivity contribution is 6.30. The van der Waals surface area contributed by atoms with Gasteiger partial charge in [-0.2, -0.15) is 0 Å². The summed E-state index contributed by atoms with van der Waals surface area (Å²) in [4.78, 5) is 0. The molecule has 6 heteroatoms. The minimum atomic E-state index is -0.992. The largest absolute Gasteiger partial charge is 0.496 e. The molecule has 5 nitrogen and oxygen atoms in total. The Balaban J connectivity index is 1.68. The summed E-state index contributed by atoms with van der Waals surface area (Å²) in [5, 5.41) is 5.74. The monoisotopic (exact) mass is 407 g/mol. The van der Waals surface area contributed by atoms with Crippen LogP contribution in [0.15, 0.2) is 71.3 Å². The van der Waals surface area contributed by atoms with Gasteiger partial charge in [-0.3, -0.25) is 0 Å². The molecule has 0 atom stereocenters. The predicted octanol–water partition coefficient (Wildman–Crippen LogP) is 5.40. The lowest BCUT2D eigenvalue weighted by atomic mass is 9.95. The molecule has 1 aromatic heterocycles. The van der Waals surface area contributed by atoms with Gasteiger partial charge in [0.1, 0.15) is 11.3 Å². The number of benzene rings is 3. The summed E-state index contributed by atoms with van der Waals surface area (Å²) in [6, 6.07) is 21.1. The first kappa shape index (κ1) is 18.2. The number of ether oxygens (including phenoxy) is 3. The number of aromatic nitrogens is 1. The van der Waals surface area contributed by atoms with Crippen LogP contribution in [-0.2, 0) is 15.3 Å². The van der Waals surface area contributed by atoms with Crippen LogP contribution in [0.3, 0.4) is 0 Å². The zero-order valence-corrected chi connectivity index (χ0v) is 16.5. The Morgan fingerprint density at radius 3 is 2.41 bits per heavy atom. The molecule has 1 fully saturated rings. The highest BCUT2D eigenvalue weighted by atomic mass is 35.5. The second-order valence-electron chi connectivity index (χ2n) is 6.76. The summed E-state index contributed by atoms with van der Waals surface area (Å²) >= 11 is 6.08. The molecule has 0 amide bonds. The molecular weight excluding hydrogens is 390 g/mol. The lowest BCUT2D eigenvalue weighted by Crippen LogP contribution is -2.28. The number of hydrogen-bond acceptors (Lipinski definition) is 5. The molecule has 1 aliphatic heterocycles. The maximum atomic E-state index is 6.13. The second kappa shape index (κ2) is 7.19. The molecule has 2 heterocycles. The molecular formula is C23H18ClNO4. The SMILES string of the molecule is COc1ccccc1-c1onc2ccc(C3(c4ccc(Cl)cc4)OCCO3)cc12. The quantitative estimate of drug-likeness (QED) is 0.453. The van der Waals surface area contributed by atoms with Crippen molar-refractivity contribution in [1.82, 2.24) is 5.16 Å². The van der Waals surface area contributed by atoms with Crippen molar-refractivity contribution in [1.29, 1.82) is 0 Å². The fourth-order valence-electron chi connectivity index (χ4n) is 3.75. The summed E-state index contributed by atoms with van der Waals surface area (Å²) in [7, 11) is 1.64. The van der Waals surface area contributed by atoms with Gasteiger partial charge in [-0.05, 0) is 36.4 Å². The lowest BCUT2D eigenvalue weighted by Gasteiger charge is -2.28. The number of nitrogens with zero attached hydrogens (tertiary/aromatic N) is 1. The zero-order valence-electron chi connectivity index (χ0n) is 15.7. The van der Waals surface area contributed by atoms with Crippen molar-refractivity contribution >= 4 is 22.5 Å². The maximum Gasteiger partial charge on any atom is 0.222 e. The van der Waals surface area contributed by atoms with Gasteiger partial charge in [-0.1, -0.05) is 47.1 Å². The number of rotatable bonds is 4. The average Bonchev–Trinajstić information content (AvgIpc) is 3.42. The average molecular weight is 408 g/mol. The van der Waals surface area contributed by atoms with Crippen LogP contribution in [0, 0.1) is 0 Å². The first-order chi connectivity index (χ1) is 14.2. The van der Waals surface area contributed by atoms with Gasteiger partial charge in [-0.15, -0.1) is 0 Å². The predicted molar refractivity (Wildman–Crippen MR) is 110 cm³/mol. The first-order valence-electron chi connectivity index (χ1n) is 9.28. The summed E-state index contributed by atoms with van der Waals surface area (Å²) < 4.78 is 23.4. The van der Waals surface area contributed by atoms with E-state index in [4.69, 9.17) is 30.3 Å². The Morgan fingerprint density at radius 1 is 0.931 bits per heavy atom. The molecule has 0 saturated carbocycles. The van der Waals surface area contributed by atoms with E-state index in [9.17, 15) is 0 Å². The minimum absolute atomic E-state index is 0.504. The Bertz CT molecular complexity index is 1160. The van der Waals surface area contributed by atoms with Gasteiger partial charge in [0.2, 0.25) is 5.79 Å². The van der Waals surface area contributed by atoms with Crippen LogP contribution >= 0.6 is 11.6 Å². The van der Waals surface area contributed by atoms with E-state index in [-0.39, 0.29) is 0 Å². The molecule has 5 rings (SSSR count). The molecule has 0 radical (unpaired) electrons. The third-order valence-corrected chi connectivity index (χ3v) is 5.38. The molecule has 0 spiro atoms. The van der Waals surface area contributed by atoms with Crippen molar-refractivity contribution in [2.45, 2.75) is 5.79 Å². The van der Waals surface area contributed by atoms with Gasteiger partial charge in [0, 0.05) is 16.1 Å². The van der Waals surface area contributed by atoms with Crippen molar-refractivity contribution in [3.63, 3.8) is 0 Å². The number of hydrogen-bond donors (Lipinski definition) is 0. The van der Waals surface area contributed by atoms with Crippen LogP contribution in [0.5, 0.6) is 5.75 Å². The van der Waals surface area contributed by atoms with E-state index in [1.807, 2.05) is 66.7 Å². The molecule has 0 aliphatic carbocycles. The van der Waals surface area contributed by atoms with Gasteiger partial charge in [0.05, 0.1) is 31.3 Å². The normalized spacial score (nSPS) is 15.7. The van der Waals surface area contributed by atoms with Crippen molar-refractivity contribution in [2.24, 2.45) is 0 Å². The van der Waals surface area contributed by atoms with Crippen molar-refractivity contribution in [3.8, 4) is 17.1 Å². The summed E-state index contributed by atoms with van der Waals surface area (Å²) in [5.74, 6) is 0.369. The standard InChI is InChI=1S/C23H18ClNO4/c1-26-21-5-3-2-4-18(21)22-19-14-16(8-11-20(19)25-29-22)23(27-12-13-28-23)15-6-9-17(24)10-7-15/h2-11,14H,12-13H2,1H3. The third-order valence-electron chi connectivity index (χ3n) is 5.13. The second-order valence-corrected chi connectivity index (χ2v) is 7.20. The number of para-hydroxylation sites is 1. The highest BCUT2D eigenvalue weighted by Gasteiger charge is 2.41. The van der Waals surface area contributed by atoms with Crippen LogP contribution in [-0.4, -0.2) is 25.5 Å². The Labute approximate surface area is 172 Å². The van der Waals surface area contributed by atoms with Crippen LogP contribution in [0.1, 0.15) is 11.1 Å². The highest BCUT2D eigenvalue weighted by Crippen LogP contribution is 2.42. The van der Waals surface area contributed by atoms with Crippen LogP contribution < -0.4 is 4.74 Å². The summed E-state index contributed by atoms with van der Waals surface area (Å²) in [6.07, 6.45) is 0. The van der Waals surface area contributed by atoms with E-state index in [0.717, 1.165) is 33.3 Å². The maximum absolute atomic E-state index is 6.13. The molecule has 29 heavy (non-hydrogen) atoms. The molecule has 0 unspecified atom stereocenters. The molecule has 0 bridgehead atoms. The molecule has 1 aliphatic rings.